The Labute approximate surface area is 164 Å². The van der Waals surface area contributed by atoms with Gasteiger partial charge in [0.15, 0.2) is 0 Å². The maximum absolute atomic E-state index is 12.4. The molecule has 3 aromatic rings. The fourth-order valence-corrected chi connectivity index (χ4v) is 3.81. The first-order valence-electron chi connectivity index (χ1n) is 8.95. The van der Waals surface area contributed by atoms with Gasteiger partial charge in [0.2, 0.25) is 5.91 Å². The molecule has 1 N–H and O–H groups in total. The maximum atomic E-state index is 12.4. The van der Waals surface area contributed by atoms with Crippen molar-refractivity contribution >= 4 is 34.3 Å². The van der Waals surface area contributed by atoms with E-state index in [1.54, 1.807) is 7.11 Å². The lowest BCUT2D eigenvalue weighted by atomic mass is 10.0. The predicted octanol–water partition coefficient (Wildman–Crippen LogP) is 5.41. The van der Waals surface area contributed by atoms with Crippen molar-refractivity contribution in [3.63, 3.8) is 0 Å². The Kier molecular flexibility index (Phi) is 6.01. The van der Waals surface area contributed by atoms with Gasteiger partial charge in [-0.05, 0) is 42.2 Å². The van der Waals surface area contributed by atoms with Crippen LogP contribution in [0.4, 0.5) is 5.69 Å². The number of fused-ring (bicyclic) bond motifs is 1. The number of anilines is 1. The number of ether oxygens (including phenoxy) is 1. The number of hydrogen-bond donors (Lipinski definition) is 1. The van der Waals surface area contributed by atoms with Crippen molar-refractivity contribution in [1.82, 2.24) is 4.98 Å². The highest BCUT2D eigenvalue weighted by Gasteiger charge is 2.12. The summed E-state index contributed by atoms with van der Waals surface area (Å²) in [6.07, 6.45) is 0. The van der Waals surface area contributed by atoms with Gasteiger partial charge in [-0.15, -0.1) is 0 Å². The van der Waals surface area contributed by atoms with E-state index in [2.05, 4.69) is 24.1 Å². The van der Waals surface area contributed by atoms with Gasteiger partial charge in [-0.1, -0.05) is 55.9 Å². The maximum Gasteiger partial charge on any atom is 0.234 e. The minimum atomic E-state index is -0.0346. The highest BCUT2D eigenvalue weighted by molar-refractivity contribution is 7.99. The first kappa shape index (κ1) is 19.2. The summed E-state index contributed by atoms with van der Waals surface area (Å²) < 4.78 is 5.43. The van der Waals surface area contributed by atoms with Crippen LogP contribution >= 0.6 is 11.8 Å². The van der Waals surface area contributed by atoms with Crippen LogP contribution < -0.4 is 10.1 Å². The summed E-state index contributed by atoms with van der Waals surface area (Å²) >= 11 is 1.43. The summed E-state index contributed by atoms with van der Waals surface area (Å²) in [7, 11) is 1.64. The Morgan fingerprint density at radius 1 is 1.19 bits per heavy atom. The highest BCUT2D eigenvalue weighted by atomic mass is 32.2. The lowest BCUT2D eigenvalue weighted by Crippen LogP contribution is -2.15. The minimum Gasteiger partial charge on any atom is -0.494 e. The average molecular weight is 381 g/mol. The van der Waals surface area contributed by atoms with E-state index in [4.69, 9.17) is 4.74 Å². The van der Waals surface area contributed by atoms with Crippen LogP contribution in [-0.4, -0.2) is 23.8 Å². The number of hydrogen-bond acceptors (Lipinski definition) is 4. The van der Waals surface area contributed by atoms with Gasteiger partial charge in [0.25, 0.3) is 0 Å². The summed E-state index contributed by atoms with van der Waals surface area (Å²) in [6, 6.07) is 15.8. The molecular weight excluding hydrogens is 356 g/mol. The summed E-state index contributed by atoms with van der Waals surface area (Å²) in [4.78, 5) is 17.1. The van der Waals surface area contributed by atoms with E-state index in [9.17, 15) is 4.79 Å². The van der Waals surface area contributed by atoms with Gasteiger partial charge in [-0.25, -0.2) is 4.98 Å². The normalized spacial score (nSPS) is 11.0. The zero-order valence-electron chi connectivity index (χ0n) is 16.1. The summed E-state index contributed by atoms with van der Waals surface area (Å²) in [6.45, 7) is 6.29. The number of pyridine rings is 1. The molecule has 0 fully saturated rings. The van der Waals surface area contributed by atoms with Gasteiger partial charge < -0.3 is 10.1 Å². The molecule has 27 heavy (non-hydrogen) atoms. The second-order valence-corrected chi connectivity index (χ2v) is 7.71. The molecule has 0 saturated heterocycles. The van der Waals surface area contributed by atoms with Crippen LogP contribution in [-0.2, 0) is 4.79 Å². The number of carbonyl (C=O) groups excluding carboxylic acids is 1. The molecule has 4 nitrogen and oxygen atoms in total. The third-order valence-corrected chi connectivity index (χ3v) is 5.33. The lowest BCUT2D eigenvalue weighted by Gasteiger charge is -2.13. The molecule has 0 aliphatic carbocycles. The molecule has 0 unspecified atom stereocenters. The smallest absolute Gasteiger partial charge is 0.234 e. The molecule has 3 rings (SSSR count). The van der Waals surface area contributed by atoms with Crippen LogP contribution in [0, 0.1) is 6.92 Å². The number of methoxy groups -OCH3 is 1. The first-order valence-corrected chi connectivity index (χ1v) is 9.94. The Balaban J connectivity index is 1.74. The van der Waals surface area contributed by atoms with Crippen LogP contribution in [0.2, 0.25) is 0 Å². The van der Waals surface area contributed by atoms with Crippen molar-refractivity contribution in [3.8, 4) is 5.75 Å². The second kappa shape index (κ2) is 8.44. The molecule has 2 aromatic carbocycles. The summed E-state index contributed by atoms with van der Waals surface area (Å²) in [5.41, 5.74) is 3.96. The van der Waals surface area contributed by atoms with Crippen molar-refractivity contribution < 1.29 is 9.53 Å². The van der Waals surface area contributed by atoms with Gasteiger partial charge in [-0.2, -0.15) is 0 Å². The van der Waals surface area contributed by atoms with Crippen LogP contribution in [0.25, 0.3) is 10.9 Å². The van der Waals surface area contributed by atoms with E-state index in [1.807, 2.05) is 55.5 Å². The van der Waals surface area contributed by atoms with Crippen LogP contribution in [0.3, 0.4) is 0 Å². The summed E-state index contributed by atoms with van der Waals surface area (Å²) in [5, 5.41) is 4.90. The van der Waals surface area contributed by atoms with E-state index in [0.717, 1.165) is 38.5 Å². The number of rotatable bonds is 6. The molecule has 0 aliphatic rings. The quantitative estimate of drug-likeness (QED) is 0.581. The van der Waals surface area contributed by atoms with E-state index < -0.39 is 0 Å². The van der Waals surface area contributed by atoms with Gasteiger partial charge in [0.05, 0.1) is 17.9 Å². The lowest BCUT2D eigenvalue weighted by molar-refractivity contribution is -0.113. The zero-order valence-corrected chi connectivity index (χ0v) is 16.9. The molecule has 1 amide bonds. The van der Waals surface area contributed by atoms with Crippen molar-refractivity contribution in [2.75, 3.05) is 18.2 Å². The fraction of sp³-hybridized carbons (Fsp3) is 0.273. The Morgan fingerprint density at radius 3 is 2.70 bits per heavy atom. The molecule has 0 saturated carbocycles. The Hall–Kier alpha value is -2.53. The van der Waals surface area contributed by atoms with E-state index in [-0.39, 0.29) is 5.91 Å². The number of para-hydroxylation sites is 2. The van der Waals surface area contributed by atoms with E-state index >= 15 is 0 Å². The molecule has 0 atom stereocenters. The number of nitrogens with one attached hydrogen (secondary N) is 1. The second-order valence-electron chi connectivity index (χ2n) is 6.71. The first-order chi connectivity index (χ1) is 13.0. The van der Waals surface area contributed by atoms with E-state index in [1.165, 1.54) is 11.8 Å². The number of carbonyl (C=O) groups is 1. The average Bonchev–Trinajstić information content (AvgIpc) is 2.66. The van der Waals surface area contributed by atoms with Crippen molar-refractivity contribution in [2.45, 2.75) is 31.7 Å². The molecule has 0 bridgehead atoms. The highest BCUT2D eigenvalue weighted by Crippen LogP contribution is 2.30. The molecule has 0 radical (unpaired) electrons. The van der Waals surface area contributed by atoms with Crippen LogP contribution in [0.15, 0.2) is 53.6 Å². The van der Waals surface area contributed by atoms with Gasteiger partial charge in [0, 0.05) is 11.1 Å². The largest absolute Gasteiger partial charge is 0.494 e. The predicted molar refractivity (Wildman–Crippen MR) is 113 cm³/mol. The number of nitrogens with zero attached hydrogens (tertiary/aromatic N) is 1. The Bertz CT molecular complexity index is 970. The molecule has 140 valence electrons. The topological polar surface area (TPSA) is 51.2 Å². The molecule has 1 aromatic heterocycles. The monoisotopic (exact) mass is 380 g/mol. The number of thioether (sulfide) groups is 1. The van der Waals surface area contributed by atoms with Crippen molar-refractivity contribution in [2.24, 2.45) is 0 Å². The number of benzene rings is 2. The summed E-state index contributed by atoms with van der Waals surface area (Å²) in [5.74, 6) is 1.37. The van der Waals surface area contributed by atoms with Crippen molar-refractivity contribution in [1.29, 1.82) is 0 Å². The van der Waals surface area contributed by atoms with Crippen LogP contribution in [0.5, 0.6) is 5.75 Å². The zero-order chi connectivity index (χ0) is 19.4. The van der Waals surface area contributed by atoms with Gasteiger partial charge >= 0.3 is 0 Å². The van der Waals surface area contributed by atoms with Gasteiger partial charge in [0.1, 0.15) is 11.3 Å². The number of aromatic nitrogens is 1. The molecule has 5 heteroatoms. The van der Waals surface area contributed by atoms with Gasteiger partial charge in [-0.3, -0.25) is 4.79 Å². The molecule has 0 spiro atoms. The molecular formula is C22H24N2O2S. The fourth-order valence-electron chi connectivity index (χ4n) is 3.04. The van der Waals surface area contributed by atoms with Crippen LogP contribution in [0.1, 0.15) is 30.9 Å². The van der Waals surface area contributed by atoms with E-state index in [0.29, 0.717) is 11.7 Å². The standard InChI is InChI=1S/C22H24N2O2S/c1-14(2)16-8-5-6-10-18(16)23-20(25)13-27-21-12-15(3)17-9-7-11-19(26-4)22(17)24-21/h5-12,14H,13H2,1-4H3,(H,23,25). The minimum absolute atomic E-state index is 0.0346. The number of amides is 1. The third kappa shape index (κ3) is 4.42. The molecule has 1 heterocycles. The Morgan fingerprint density at radius 2 is 1.96 bits per heavy atom. The SMILES string of the molecule is COc1cccc2c(C)cc(SCC(=O)Nc3ccccc3C(C)C)nc12. The third-order valence-electron chi connectivity index (χ3n) is 4.41. The number of aryl methyl sites for hydroxylation is 1. The van der Waals surface area contributed by atoms with Crippen molar-refractivity contribution in [3.05, 3.63) is 59.7 Å². The molecule has 0 aliphatic heterocycles.